The fraction of sp³-hybridized carbons (Fsp3) is 0.400. The molecule has 2 aliphatic rings. The number of benzene rings is 2. The Bertz CT molecular complexity index is 1390. The molecule has 1 saturated heterocycles. The van der Waals surface area contributed by atoms with Crippen LogP contribution in [0.1, 0.15) is 38.5 Å². The van der Waals surface area contributed by atoms with Crippen LogP contribution in [0.25, 0.3) is 17.0 Å². The predicted molar refractivity (Wildman–Crippen MR) is 150 cm³/mol. The van der Waals surface area contributed by atoms with Crippen molar-refractivity contribution in [3.63, 3.8) is 0 Å². The Labute approximate surface area is 236 Å². The van der Waals surface area contributed by atoms with Gasteiger partial charge in [-0.3, -0.25) is 0 Å². The molecule has 0 spiro atoms. The molecule has 4 aromatic rings. The van der Waals surface area contributed by atoms with Crippen LogP contribution in [0.3, 0.4) is 0 Å². The van der Waals surface area contributed by atoms with Crippen LogP contribution < -0.4 is 20.3 Å². The molecule has 2 aromatic carbocycles. The first-order valence-electron chi connectivity index (χ1n) is 14.1. The number of oxazole rings is 1. The summed E-state index contributed by atoms with van der Waals surface area (Å²) in [5, 5.41) is 11.7. The van der Waals surface area contributed by atoms with E-state index in [4.69, 9.17) is 4.42 Å². The van der Waals surface area contributed by atoms with E-state index in [-0.39, 0.29) is 17.8 Å². The maximum Gasteiger partial charge on any atom is 0.573 e. The molecular weight excluding hydrogens is 533 g/mol. The van der Waals surface area contributed by atoms with Crippen LogP contribution >= 0.6 is 0 Å². The normalized spacial score (nSPS) is 21.5. The molecule has 3 heterocycles. The van der Waals surface area contributed by atoms with Crippen LogP contribution in [-0.4, -0.2) is 52.3 Å². The third kappa shape index (κ3) is 6.84. The SMILES string of the molecule is FC(F)(F)Oc1ccc(-c2cnc(N[C@@H]3CCCC[C@H]3N[C@H]3CCCN(c4ccc(-n5cccn5)cc4)C3)o2)cc1. The Kier molecular flexibility index (Phi) is 7.86. The molecule has 0 unspecified atom stereocenters. The predicted octanol–water partition coefficient (Wildman–Crippen LogP) is 6.41. The van der Waals surface area contributed by atoms with E-state index in [9.17, 15) is 13.2 Å². The smallest absolute Gasteiger partial charge is 0.424 e. The van der Waals surface area contributed by atoms with Gasteiger partial charge in [0.1, 0.15) is 5.75 Å². The van der Waals surface area contributed by atoms with Gasteiger partial charge in [-0.15, -0.1) is 13.2 Å². The lowest BCUT2D eigenvalue weighted by Crippen LogP contribution is -2.54. The number of halogens is 3. The highest BCUT2D eigenvalue weighted by Crippen LogP contribution is 2.30. The number of piperidine rings is 1. The largest absolute Gasteiger partial charge is 0.573 e. The topological polar surface area (TPSA) is 80.4 Å². The van der Waals surface area contributed by atoms with Crippen LogP contribution in [-0.2, 0) is 0 Å². The molecule has 11 heteroatoms. The second-order valence-corrected chi connectivity index (χ2v) is 10.7. The fourth-order valence-corrected chi connectivity index (χ4v) is 5.85. The fourth-order valence-electron chi connectivity index (χ4n) is 5.85. The summed E-state index contributed by atoms with van der Waals surface area (Å²) in [6.07, 6.45) is 7.21. The van der Waals surface area contributed by atoms with Crippen molar-refractivity contribution in [1.29, 1.82) is 0 Å². The van der Waals surface area contributed by atoms with E-state index in [0.29, 0.717) is 23.4 Å². The number of nitrogens with zero attached hydrogens (tertiary/aromatic N) is 4. The van der Waals surface area contributed by atoms with Gasteiger partial charge in [-0.1, -0.05) is 12.8 Å². The first kappa shape index (κ1) is 27.2. The summed E-state index contributed by atoms with van der Waals surface area (Å²) in [6, 6.07) is 17.3. The van der Waals surface area contributed by atoms with Crippen molar-refractivity contribution in [3.05, 3.63) is 73.2 Å². The van der Waals surface area contributed by atoms with E-state index in [1.807, 2.05) is 16.9 Å². The van der Waals surface area contributed by atoms with E-state index in [0.717, 1.165) is 50.9 Å². The first-order chi connectivity index (χ1) is 19.9. The van der Waals surface area contributed by atoms with Gasteiger partial charge < -0.3 is 24.7 Å². The van der Waals surface area contributed by atoms with E-state index < -0.39 is 6.36 Å². The zero-order valence-corrected chi connectivity index (χ0v) is 22.6. The Balaban J connectivity index is 1.06. The summed E-state index contributed by atoms with van der Waals surface area (Å²) >= 11 is 0. The number of alkyl halides is 3. The first-order valence-corrected chi connectivity index (χ1v) is 14.1. The van der Waals surface area contributed by atoms with Gasteiger partial charge in [0.15, 0.2) is 5.76 Å². The molecule has 2 N–H and O–H groups in total. The van der Waals surface area contributed by atoms with E-state index in [2.05, 4.69) is 54.6 Å². The molecule has 8 nitrogen and oxygen atoms in total. The van der Waals surface area contributed by atoms with Crippen molar-refractivity contribution in [2.45, 2.75) is 63.0 Å². The Morgan fingerprint density at radius 2 is 1.66 bits per heavy atom. The molecule has 0 radical (unpaired) electrons. The lowest BCUT2D eigenvalue weighted by molar-refractivity contribution is -0.274. The van der Waals surface area contributed by atoms with Crippen LogP contribution in [0.4, 0.5) is 24.9 Å². The zero-order valence-electron chi connectivity index (χ0n) is 22.6. The number of aromatic nitrogens is 3. The third-order valence-corrected chi connectivity index (χ3v) is 7.81. The quantitative estimate of drug-likeness (QED) is 0.255. The van der Waals surface area contributed by atoms with Crippen LogP contribution in [0.5, 0.6) is 5.75 Å². The van der Waals surface area contributed by atoms with Gasteiger partial charge in [-0.2, -0.15) is 5.10 Å². The highest BCUT2D eigenvalue weighted by Gasteiger charge is 2.32. The summed E-state index contributed by atoms with van der Waals surface area (Å²) in [4.78, 5) is 6.84. The van der Waals surface area contributed by atoms with Gasteiger partial charge in [0.2, 0.25) is 0 Å². The number of rotatable bonds is 8. The molecule has 2 fully saturated rings. The second-order valence-electron chi connectivity index (χ2n) is 10.7. The maximum atomic E-state index is 12.5. The van der Waals surface area contributed by atoms with Crippen molar-refractivity contribution in [2.75, 3.05) is 23.3 Å². The minimum Gasteiger partial charge on any atom is -0.424 e. The Morgan fingerprint density at radius 1 is 0.902 bits per heavy atom. The zero-order chi connectivity index (χ0) is 28.2. The lowest BCUT2D eigenvalue weighted by atomic mass is 9.89. The summed E-state index contributed by atoms with van der Waals surface area (Å²) < 4.78 is 49.1. The Morgan fingerprint density at radius 3 is 2.39 bits per heavy atom. The van der Waals surface area contributed by atoms with Crippen LogP contribution in [0.2, 0.25) is 0 Å². The van der Waals surface area contributed by atoms with Gasteiger partial charge in [-0.05, 0) is 80.3 Å². The minimum atomic E-state index is -4.72. The lowest BCUT2D eigenvalue weighted by Gasteiger charge is -2.40. The summed E-state index contributed by atoms with van der Waals surface area (Å²) in [5.74, 6) is 0.204. The average Bonchev–Trinajstić information content (AvgIpc) is 3.67. The van der Waals surface area contributed by atoms with Crippen molar-refractivity contribution in [1.82, 2.24) is 20.1 Å². The van der Waals surface area contributed by atoms with E-state index in [1.54, 1.807) is 12.4 Å². The van der Waals surface area contributed by atoms with Gasteiger partial charge in [0.05, 0.1) is 11.9 Å². The van der Waals surface area contributed by atoms with Gasteiger partial charge in [-0.25, -0.2) is 9.67 Å². The molecule has 3 atom stereocenters. The average molecular weight is 567 g/mol. The summed E-state index contributed by atoms with van der Waals surface area (Å²) in [6.45, 7) is 1.98. The Hall–Kier alpha value is -3.99. The number of anilines is 2. The molecule has 216 valence electrons. The summed E-state index contributed by atoms with van der Waals surface area (Å²) in [5.41, 5.74) is 2.89. The number of hydrogen-bond acceptors (Lipinski definition) is 7. The van der Waals surface area contributed by atoms with Crippen molar-refractivity contribution < 1.29 is 22.3 Å². The van der Waals surface area contributed by atoms with Crippen LogP contribution in [0.15, 0.2) is 77.6 Å². The number of nitrogens with one attached hydrogen (secondary N) is 2. The molecule has 1 aliphatic heterocycles. The standard InChI is InChI=1S/C30H33F3N6O2/c31-30(32,33)41-25-14-8-21(9-15-25)28-19-34-29(40-28)37-27-7-2-1-6-26(27)36-22-5-3-17-38(20-22)23-10-12-24(13-11-23)39-18-4-16-35-39/h4,8-16,18-19,22,26-27,36H,1-3,5-7,17,20H2,(H,34,37)/t22-,26+,27+/m0/s1. The number of ether oxygens (including phenoxy) is 1. The van der Waals surface area contributed by atoms with Crippen LogP contribution in [0, 0.1) is 0 Å². The molecule has 6 rings (SSSR count). The highest BCUT2D eigenvalue weighted by molar-refractivity contribution is 5.58. The van der Waals surface area contributed by atoms with Gasteiger partial charge in [0.25, 0.3) is 6.01 Å². The molecule has 41 heavy (non-hydrogen) atoms. The maximum absolute atomic E-state index is 12.5. The van der Waals surface area contributed by atoms with Crippen molar-refractivity contribution in [3.8, 4) is 22.8 Å². The monoisotopic (exact) mass is 566 g/mol. The third-order valence-electron chi connectivity index (χ3n) is 7.81. The molecule has 1 saturated carbocycles. The molecule has 0 amide bonds. The molecular formula is C30H33F3N6O2. The second kappa shape index (κ2) is 11.9. The summed E-state index contributed by atoms with van der Waals surface area (Å²) in [7, 11) is 0. The van der Waals surface area contributed by atoms with Gasteiger partial charge >= 0.3 is 6.36 Å². The molecule has 2 aromatic heterocycles. The van der Waals surface area contributed by atoms with E-state index in [1.165, 1.54) is 36.4 Å². The van der Waals surface area contributed by atoms with E-state index >= 15 is 0 Å². The van der Waals surface area contributed by atoms with Crippen molar-refractivity contribution in [2.24, 2.45) is 0 Å². The molecule has 0 bridgehead atoms. The molecule has 1 aliphatic carbocycles. The van der Waals surface area contributed by atoms with Gasteiger partial charge in [0, 0.05) is 54.9 Å². The minimum absolute atomic E-state index is 0.168. The van der Waals surface area contributed by atoms with Crippen molar-refractivity contribution >= 4 is 11.7 Å². The highest BCUT2D eigenvalue weighted by atomic mass is 19.4. The number of hydrogen-bond donors (Lipinski definition) is 2.